The van der Waals surface area contributed by atoms with Crippen LogP contribution in [0.1, 0.15) is 18.1 Å². The Kier molecular flexibility index (Phi) is 4.13. The van der Waals surface area contributed by atoms with E-state index >= 15 is 0 Å². The number of amides is 2. The fourth-order valence-corrected chi connectivity index (χ4v) is 2.41. The zero-order valence-corrected chi connectivity index (χ0v) is 12.3. The number of nitrogens with one attached hydrogen (secondary N) is 2. The minimum absolute atomic E-state index is 0.322. The van der Waals surface area contributed by atoms with Crippen LogP contribution in [0.3, 0.4) is 0 Å². The Bertz CT molecular complexity index is 688. The van der Waals surface area contributed by atoms with E-state index in [0.717, 1.165) is 17.7 Å². The average molecular weight is 296 g/mol. The third-order valence-corrected chi connectivity index (χ3v) is 3.69. The zero-order valence-electron chi connectivity index (χ0n) is 12.3. The van der Waals surface area contributed by atoms with Gasteiger partial charge in [0.05, 0.1) is 6.61 Å². The van der Waals surface area contributed by atoms with Crippen LogP contribution in [0.4, 0.5) is 16.2 Å². The molecule has 1 aliphatic rings. The van der Waals surface area contributed by atoms with Crippen molar-refractivity contribution in [2.24, 2.45) is 0 Å². The van der Waals surface area contributed by atoms with E-state index in [9.17, 15) is 9.82 Å². The lowest BCUT2D eigenvalue weighted by molar-refractivity contribution is 0.262. The highest BCUT2D eigenvalue weighted by Crippen LogP contribution is 2.15. The van der Waals surface area contributed by atoms with Crippen LogP contribution in [-0.4, -0.2) is 18.2 Å². The van der Waals surface area contributed by atoms with Gasteiger partial charge < -0.3 is 20.3 Å². The highest BCUT2D eigenvalue weighted by molar-refractivity contribution is 6.61. The largest absolute Gasteiger partial charge is 0.491 e. The van der Waals surface area contributed by atoms with Gasteiger partial charge in [-0.25, -0.2) is 4.79 Å². The molecule has 0 spiro atoms. The van der Waals surface area contributed by atoms with Crippen LogP contribution in [0.2, 0.25) is 0 Å². The van der Waals surface area contributed by atoms with Gasteiger partial charge in [-0.15, -0.1) is 0 Å². The molecule has 3 rings (SSSR count). The molecule has 0 fully saturated rings. The maximum atomic E-state index is 12.0. The molecule has 1 heterocycles. The molecule has 0 aliphatic carbocycles. The van der Waals surface area contributed by atoms with E-state index in [1.807, 2.05) is 30.3 Å². The van der Waals surface area contributed by atoms with Crippen LogP contribution in [0.5, 0.6) is 0 Å². The maximum Gasteiger partial charge on any atom is 0.491 e. The first-order valence-electron chi connectivity index (χ1n) is 7.25. The van der Waals surface area contributed by atoms with Gasteiger partial charge in [0.1, 0.15) is 0 Å². The molecule has 2 aromatic carbocycles. The SMILES string of the molecule is CCc1ccc(NC(=O)Nc2ccc3c(c2)B(O)OC3)cc1. The number of fused-ring (bicyclic) bond motifs is 1. The smallest absolute Gasteiger partial charge is 0.423 e. The fraction of sp³-hybridized carbons (Fsp3) is 0.188. The van der Waals surface area contributed by atoms with E-state index in [1.54, 1.807) is 12.1 Å². The molecule has 2 aromatic rings. The second kappa shape index (κ2) is 6.21. The van der Waals surface area contributed by atoms with Crippen molar-refractivity contribution in [3.8, 4) is 0 Å². The first-order valence-corrected chi connectivity index (χ1v) is 7.25. The van der Waals surface area contributed by atoms with E-state index in [0.29, 0.717) is 17.8 Å². The lowest BCUT2D eigenvalue weighted by Crippen LogP contribution is -2.29. The molecule has 0 radical (unpaired) electrons. The summed E-state index contributed by atoms with van der Waals surface area (Å²) < 4.78 is 5.13. The number of rotatable bonds is 3. The predicted molar refractivity (Wildman–Crippen MR) is 87.3 cm³/mol. The van der Waals surface area contributed by atoms with Gasteiger partial charge in [-0.2, -0.15) is 0 Å². The third-order valence-electron chi connectivity index (χ3n) is 3.69. The highest BCUT2D eigenvalue weighted by Gasteiger charge is 2.27. The number of hydrogen-bond donors (Lipinski definition) is 3. The second-order valence-corrected chi connectivity index (χ2v) is 5.21. The van der Waals surface area contributed by atoms with Crippen LogP contribution < -0.4 is 16.1 Å². The minimum Gasteiger partial charge on any atom is -0.423 e. The molecule has 0 bridgehead atoms. The number of benzene rings is 2. The Morgan fingerprint density at radius 1 is 1.18 bits per heavy atom. The van der Waals surface area contributed by atoms with Crippen molar-refractivity contribution < 1.29 is 14.5 Å². The number of carbonyl (C=O) groups is 1. The number of urea groups is 1. The van der Waals surface area contributed by atoms with Gasteiger partial charge in [0.15, 0.2) is 0 Å². The van der Waals surface area contributed by atoms with Crippen LogP contribution in [-0.2, 0) is 17.7 Å². The van der Waals surface area contributed by atoms with E-state index in [2.05, 4.69) is 17.6 Å². The summed E-state index contributed by atoms with van der Waals surface area (Å²) in [5.74, 6) is 0. The van der Waals surface area contributed by atoms with E-state index in [-0.39, 0.29) is 6.03 Å². The Hall–Kier alpha value is -2.31. The number of carbonyl (C=O) groups excluding carboxylic acids is 1. The molecule has 2 amide bonds. The summed E-state index contributed by atoms with van der Waals surface area (Å²) in [6.07, 6.45) is 0.964. The van der Waals surface area contributed by atoms with Crippen molar-refractivity contribution in [3.05, 3.63) is 53.6 Å². The van der Waals surface area contributed by atoms with Crippen molar-refractivity contribution in [2.75, 3.05) is 10.6 Å². The summed E-state index contributed by atoms with van der Waals surface area (Å²) in [6, 6.07) is 12.8. The van der Waals surface area contributed by atoms with E-state index in [1.165, 1.54) is 5.56 Å². The van der Waals surface area contributed by atoms with Gasteiger partial charge in [0.25, 0.3) is 0 Å². The van der Waals surface area contributed by atoms with Crippen molar-refractivity contribution in [1.29, 1.82) is 0 Å². The van der Waals surface area contributed by atoms with Gasteiger partial charge in [-0.05, 0) is 47.3 Å². The Balaban J connectivity index is 1.65. The first kappa shape index (κ1) is 14.6. The third kappa shape index (κ3) is 3.13. The number of aryl methyl sites for hydroxylation is 1. The molecule has 112 valence electrons. The maximum absolute atomic E-state index is 12.0. The average Bonchev–Trinajstić information content (AvgIpc) is 2.89. The van der Waals surface area contributed by atoms with Gasteiger partial charge in [0, 0.05) is 11.4 Å². The molecule has 6 heteroatoms. The van der Waals surface area contributed by atoms with Crippen molar-refractivity contribution in [1.82, 2.24) is 0 Å². The quantitative estimate of drug-likeness (QED) is 0.760. The summed E-state index contributed by atoms with van der Waals surface area (Å²) >= 11 is 0. The summed E-state index contributed by atoms with van der Waals surface area (Å²) in [6.45, 7) is 2.48. The lowest BCUT2D eigenvalue weighted by Gasteiger charge is -2.09. The summed E-state index contributed by atoms with van der Waals surface area (Å²) in [7, 11) is -0.915. The minimum atomic E-state index is -0.915. The lowest BCUT2D eigenvalue weighted by atomic mass is 9.79. The normalized spacial score (nSPS) is 12.9. The van der Waals surface area contributed by atoms with E-state index < -0.39 is 7.12 Å². The molecule has 5 nitrogen and oxygen atoms in total. The highest BCUT2D eigenvalue weighted by atomic mass is 16.5. The van der Waals surface area contributed by atoms with Crippen molar-refractivity contribution in [2.45, 2.75) is 20.0 Å². The van der Waals surface area contributed by atoms with Gasteiger partial charge in [-0.3, -0.25) is 0 Å². The Morgan fingerprint density at radius 3 is 2.59 bits per heavy atom. The Morgan fingerprint density at radius 2 is 1.86 bits per heavy atom. The summed E-state index contributed by atoms with van der Waals surface area (Å²) in [5.41, 5.74) is 4.21. The van der Waals surface area contributed by atoms with Crippen molar-refractivity contribution >= 4 is 30.0 Å². The van der Waals surface area contributed by atoms with Gasteiger partial charge in [-0.1, -0.05) is 25.1 Å². The zero-order chi connectivity index (χ0) is 15.5. The summed E-state index contributed by atoms with van der Waals surface area (Å²) in [5, 5.41) is 15.2. The second-order valence-electron chi connectivity index (χ2n) is 5.21. The van der Waals surface area contributed by atoms with Crippen LogP contribution >= 0.6 is 0 Å². The Labute approximate surface area is 129 Å². The molecule has 0 unspecified atom stereocenters. The molecular weight excluding hydrogens is 279 g/mol. The molecule has 0 saturated carbocycles. The van der Waals surface area contributed by atoms with Crippen LogP contribution in [0.25, 0.3) is 0 Å². The van der Waals surface area contributed by atoms with E-state index in [4.69, 9.17) is 4.65 Å². The molecule has 22 heavy (non-hydrogen) atoms. The first-order chi connectivity index (χ1) is 10.7. The molecule has 0 atom stereocenters. The monoisotopic (exact) mass is 296 g/mol. The van der Waals surface area contributed by atoms with Crippen LogP contribution in [0, 0.1) is 0 Å². The predicted octanol–water partition coefficient (Wildman–Crippen LogP) is 2.11. The standard InChI is InChI=1S/C16H17BN2O3/c1-2-11-3-6-13(7-4-11)18-16(20)19-14-8-5-12-10-22-17(21)15(12)9-14/h3-9,21H,2,10H2,1H3,(H2,18,19,20). The number of hydrogen-bond acceptors (Lipinski definition) is 3. The number of anilines is 2. The fourth-order valence-electron chi connectivity index (χ4n) is 2.41. The molecule has 1 aliphatic heterocycles. The molecule has 3 N–H and O–H groups in total. The molecule has 0 aromatic heterocycles. The topological polar surface area (TPSA) is 70.6 Å². The van der Waals surface area contributed by atoms with Crippen LogP contribution in [0.15, 0.2) is 42.5 Å². The van der Waals surface area contributed by atoms with Gasteiger partial charge >= 0.3 is 13.1 Å². The summed E-state index contributed by atoms with van der Waals surface area (Å²) in [4.78, 5) is 12.0. The van der Waals surface area contributed by atoms with Gasteiger partial charge in [0.2, 0.25) is 0 Å². The molecule has 0 saturated heterocycles. The van der Waals surface area contributed by atoms with Crippen molar-refractivity contribution in [3.63, 3.8) is 0 Å². The molecular formula is C16H17BN2O3.